The molecule has 1 amide bonds. The predicted octanol–water partition coefficient (Wildman–Crippen LogP) is 6.29. The molecule has 4 aromatic rings. The van der Waals surface area contributed by atoms with Crippen molar-refractivity contribution in [3.63, 3.8) is 0 Å². The minimum atomic E-state index is -0.129. The molecule has 6 heteroatoms. The second kappa shape index (κ2) is 8.98. The van der Waals surface area contributed by atoms with Crippen LogP contribution in [-0.2, 0) is 11.3 Å². The van der Waals surface area contributed by atoms with Gasteiger partial charge in [0.2, 0.25) is 0 Å². The number of hydrogen-bond acceptors (Lipinski definition) is 4. The largest absolute Gasteiger partial charge is 0.484 e. The van der Waals surface area contributed by atoms with Gasteiger partial charge in [-0.1, -0.05) is 63.7 Å². The second-order valence-corrected chi connectivity index (χ2v) is 9.06. The zero-order valence-electron chi connectivity index (χ0n) is 16.8. The van der Waals surface area contributed by atoms with Crippen molar-refractivity contribution in [1.29, 1.82) is 0 Å². The van der Waals surface area contributed by atoms with Crippen LogP contribution < -0.4 is 9.64 Å². The number of thiazole rings is 1. The molecule has 0 unspecified atom stereocenters. The molecule has 3 aromatic carbocycles. The average molecular weight is 481 g/mol. The first-order valence-electron chi connectivity index (χ1n) is 9.60. The number of carbonyl (C=O) groups excluding carboxylic acids is 1. The summed E-state index contributed by atoms with van der Waals surface area (Å²) in [6.45, 7) is 4.52. The standard InChI is InChI=1S/C24H21BrN2O2S/c1-16-12-17(2)23-21(13-16)30-24(26-23)27(14-18-6-4-3-5-7-18)22(28)15-29-20-10-8-19(25)9-11-20/h3-13H,14-15H2,1-2H3. The number of halogens is 1. The highest BCUT2D eigenvalue weighted by atomic mass is 79.9. The molecule has 0 bridgehead atoms. The van der Waals surface area contributed by atoms with Crippen LogP contribution in [0.2, 0.25) is 0 Å². The number of amides is 1. The smallest absolute Gasteiger partial charge is 0.267 e. The third-order valence-corrected chi connectivity index (χ3v) is 6.26. The number of anilines is 1. The van der Waals surface area contributed by atoms with Crippen LogP contribution in [0.4, 0.5) is 5.13 Å². The van der Waals surface area contributed by atoms with Crippen LogP contribution in [0.15, 0.2) is 71.2 Å². The molecule has 0 radical (unpaired) electrons. The Hall–Kier alpha value is -2.70. The second-order valence-electron chi connectivity index (χ2n) is 7.13. The Bertz CT molecular complexity index is 1170. The lowest BCUT2D eigenvalue weighted by atomic mass is 10.1. The molecule has 0 N–H and O–H groups in total. The lowest BCUT2D eigenvalue weighted by Crippen LogP contribution is -2.34. The van der Waals surface area contributed by atoms with Gasteiger partial charge in [0, 0.05) is 4.47 Å². The Morgan fingerprint density at radius 2 is 1.80 bits per heavy atom. The van der Waals surface area contributed by atoms with Gasteiger partial charge in [0.15, 0.2) is 11.7 Å². The van der Waals surface area contributed by atoms with E-state index in [9.17, 15) is 4.79 Å². The van der Waals surface area contributed by atoms with Crippen LogP contribution in [0.3, 0.4) is 0 Å². The summed E-state index contributed by atoms with van der Waals surface area (Å²) in [6.07, 6.45) is 0. The van der Waals surface area contributed by atoms with E-state index in [0.29, 0.717) is 17.4 Å². The first kappa shape index (κ1) is 20.6. The van der Waals surface area contributed by atoms with Crippen LogP contribution in [0.1, 0.15) is 16.7 Å². The number of nitrogens with zero attached hydrogens (tertiary/aromatic N) is 2. The quantitative estimate of drug-likeness (QED) is 0.325. The fraction of sp³-hybridized carbons (Fsp3) is 0.167. The average Bonchev–Trinajstić information content (AvgIpc) is 3.16. The minimum absolute atomic E-state index is 0.0532. The van der Waals surface area contributed by atoms with Gasteiger partial charge in [0.05, 0.1) is 16.8 Å². The normalized spacial score (nSPS) is 10.9. The van der Waals surface area contributed by atoms with Crippen molar-refractivity contribution in [1.82, 2.24) is 4.98 Å². The molecular weight excluding hydrogens is 460 g/mol. The highest BCUT2D eigenvalue weighted by Gasteiger charge is 2.21. The fourth-order valence-corrected chi connectivity index (χ4v) is 4.68. The van der Waals surface area contributed by atoms with Gasteiger partial charge >= 0.3 is 0 Å². The van der Waals surface area contributed by atoms with E-state index in [2.05, 4.69) is 41.9 Å². The van der Waals surface area contributed by atoms with Crippen LogP contribution in [-0.4, -0.2) is 17.5 Å². The SMILES string of the molecule is Cc1cc(C)c2nc(N(Cc3ccccc3)C(=O)COc3ccc(Br)cc3)sc2c1. The highest BCUT2D eigenvalue weighted by molar-refractivity contribution is 9.10. The third kappa shape index (κ3) is 4.71. The summed E-state index contributed by atoms with van der Waals surface area (Å²) in [7, 11) is 0. The van der Waals surface area contributed by atoms with Gasteiger partial charge in [-0.3, -0.25) is 9.69 Å². The molecular formula is C24H21BrN2O2S. The molecule has 0 saturated heterocycles. The summed E-state index contributed by atoms with van der Waals surface area (Å²) in [5.74, 6) is 0.525. The van der Waals surface area contributed by atoms with Crippen molar-refractivity contribution in [2.45, 2.75) is 20.4 Å². The Morgan fingerprint density at radius 3 is 2.53 bits per heavy atom. The predicted molar refractivity (Wildman–Crippen MR) is 126 cm³/mol. The zero-order valence-corrected chi connectivity index (χ0v) is 19.2. The van der Waals surface area contributed by atoms with Crippen molar-refractivity contribution in [2.75, 3.05) is 11.5 Å². The van der Waals surface area contributed by atoms with E-state index >= 15 is 0 Å². The van der Waals surface area contributed by atoms with Crippen LogP contribution >= 0.6 is 27.3 Å². The molecule has 4 nitrogen and oxygen atoms in total. The summed E-state index contributed by atoms with van der Waals surface area (Å²) in [5.41, 5.74) is 4.29. The molecule has 30 heavy (non-hydrogen) atoms. The molecule has 0 aliphatic carbocycles. The van der Waals surface area contributed by atoms with E-state index in [-0.39, 0.29) is 12.5 Å². The maximum Gasteiger partial charge on any atom is 0.267 e. The first-order valence-corrected chi connectivity index (χ1v) is 11.2. The van der Waals surface area contributed by atoms with Crippen LogP contribution in [0, 0.1) is 13.8 Å². The number of rotatable bonds is 6. The van der Waals surface area contributed by atoms with Gasteiger partial charge in [0.25, 0.3) is 5.91 Å². The molecule has 0 aliphatic rings. The maximum atomic E-state index is 13.2. The van der Waals surface area contributed by atoms with Crippen molar-refractivity contribution in [3.8, 4) is 5.75 Å². The van der Waals surface area contributed by atoms with Gasteiger partial charge in [-0.2, -0.15) is 0 Å². The molecule has 152 valence electrons. The molecule has 0 aliphatic heterocycles. The Kier molecular flexibility index (Phi) is 6.16. The minimum Gasteiger partial charge on any atom is -0.484 e. The van der Waals surface area contributed by atoms with E-state index in [1.54, 1.807) is 4.90 Å². The van der Waals surface area contributed by atoms with Gasteiger partial charge in [-0.25, -0.2) is 4.98 Å². The number of benzene rings is 3. The van der Waals surface area contributed by atoms with Gasteiger partial charge < -0.3 is 4.74 Å². The maximum absolute atomic E-state index is 13.2. The summed E-state index contributed by atoms with van der Waals surface area (Å²) < 4.78 is 7.79. The summed E-state index contributed by atoms with van der Waals surface area (Å²) in [4.78, 5) is 19.7. The number of carbonyl (C=O) groups is 1. The van der Waals surface area contributed by atoms with Crippen molar-refractivity contribution < 1.29 is 9.53 Å². The van der Waals surface area contributed by atoms with E-state index in [1.807, 2.05) is 54.6 Å². The van der Waals surface area contributed by atoms with Crippen LogP contribution in [0.25, 0.3) is 10.2 Å². The monoisotopic (exact) mass is 480 g/mol. The van der Waals surface area contributed by atoms with E-state index in [4.69, 9.17) is 9.72 Å². The highest BCUT2D eigenvalue weighted by Crippen LogP contribution is 2.32. The van der Waals surface area contributed by atoms with Crippen molar-refractivity contribution in [2.24, 2.45) is 0 Å². The van der Waals surface area contributed by atoms with Gasteiger partial charge in [-0.05, 0) is 60.9 Å². The van der Waals surface area contributed by atoms with Crippen molar-refractivity contribution in [3.05, 3.63) is 87.9 Å². The van der Waals surface area contributed by atoms with Gasteiger partial charge in [-0.15, -0.1) is 0 Å². The third-order valence-electron chi connectivity index (χ3n) is 4.71. The van der Waals surface area contributed by atoms with E-state index < -0.39 is 0 Å². The summed E-state index contributed by atoms with van der Waals surface area (Å²) in [5, 5.41) is 0.687. The molecule has 0 fully saturated rings. The molecule has 0 spiro atoms. The number of aromatic nitrogens is 1. The Labute approximate surface area is 188 Å². The topological polar surface area (TPSA) is 42.4 Å². The Morgan fingerprint density at radius 1 is 1.07 bits per heavy atom. The molecule has 4 rings (SSSR count). The number of ether oxygens (including phenoxy) is 1. The molecule has 0 atom stereocenters. The molecule has 0 saturated carbocycles. The van der Waals surface area contributed by atoms with E-state index in [0.717, 1.165) is 25.8 Å². The summed E-state index contributed by atoms with van der Waals surface area (Å²) in [6, 6.07) is 21.6. The number of hydrogen-bond donors (Lipinski definition) is 0. The van der Waals surface area contributed by atoms with E-state index in [1.165, 1.54) is 16.9 Å². The summed E-state index contributed by atoms with van der Waals surface area (Å²) >= 11 is 4.94. The van der Waals surface area contributed by atoms with Gasteiger partial charge in [0.1, 0.15) is 5.75 Å². The Balaban J connectivity index is 1.63. The van der Waals surface area contributed by atoms with Crippen LogP contribution in [0.5, 0.6) is 5.75 Å². The fourth-order valence-electron chi connectivity index (χ4n) is 3.26. The zero-order chi connectivity index (χ0) is 21.1. The lowest BCUT2D eigenvalue weighted by Gasteiger charge is -2.20. The lowest BCUT2D eigenvalue weighted by molar-refractivity contribution is -0.120. The first-order chi connectivity index (χ1) is 14.5. The van der Waals surface area contributed by atoms with Crippen molar-refractivity contribution >= 4 is 48.5 Å². The number of fused-ring (bicyclic) bond motifs is 1. The molecule has 1 heterocycles. The molecule has 1 aromatic heterocycles. The number of aryl methyl sites for hydroxylation is 2.